The molecule has 0 radical (unpaired) electrons. The summed E-state index contributed by atoms with van der Waals surface area (Å²) in [5, 5.41) is 4.52. The van der Waals surface area contributed by atoms with E-state index in [1.54, 1.807) is 0 Å². The quantitative estimate of drug-likeness (QED) is 0.533. The van der Waals surface area contributed by atoms with Crippen molar-refractivity contribution in [3.05, 3.63) is 90.0 Å². The highest BCUT2D eigenvalue weighted by Crippen LogP contribution is 2.31. The molecule has 3 N–H and O–H groups in total. The van der Waals surface area contributed by atoms with Crippen LogP contribution >= 0.6 is 0 Å². The molecule has 6 nitrogen and oxygen atoms in total. The first-order chi connectivity index (χ1) is 17.4. The molecule has 0 spiro atoms. The third-order valence-electron chi connectivity index (χ3n) is 6.46. The summed E-state index contributed by atoms with van der Waals surface area (Å²) in [5.74, 6) is 0. The van der Waals surface area contributed by atoms with Crippen LogP contribution in [0.15, 0.2) is 78.9 Å². The Morgan fingerprint density at radius 1 is 0.917 bits per heavy atom. The molecule has 0 bridgehead atoms. The van der Waals surface area contributed by atoms with Crippen molar-refractivity contribution in [1.82, 2.24) is 0 Å². The minimum atomic E-state index is -4.50. The van der Waals surface area contributed by atoms with Gasteiger partial charge in [-0.15, -0.1) is 0 Å². The zero-order valence-electron chi connectivity index (χ0n) is 19.3. The number of fused-ring (bicyclic) bond motifs is 1. The Labute approximate surface area is 206 Å². The second-order valence-electron chi connectivity index (χ2n) is 8.91. The maximum Gasteiger partial charge on any atom is 0.416 e. The van der Waals surface area contributed by atoms with Crippen LogP contribution in [0, 0.1) is 0 Å². The van der Waals surface area contributed by atoms with E-state index in [4.69, 9.17) is 14.2 Å². The average Bonchev–Trinajstić information content (AvgIpc) is 3.46. The number of rotatable bonds is 6. The van der Waals surface area contributed by atoms with Crippen molar-refractivity contribution < 1.29 is 37.5 Å². The first-order valence-electron chi connectivity index (χ1n) is 11.7. The van der Waals surface area contributed by atoms with Gasteiger partial charge in [0, 0.05) is 11.3 Å². The molecule has 0 aromatic heterocycles. The van der Waals surface area contributed by atoms with Crippen molar-refractivity contribution in [2.75, 3.05) is 18.5 Å². The van der Waals surface area contributed by atoms with E-state index in [1.807, 2.05) is 18.2 Å². The number of amides is 1. The highest BCUT2D eigenvalue weighted by atomic mass is 19.4. The minimum Gasteiger partial charge on any atom is -0.441 e. The van der Waals surface area contributed by atoms with Gasteiger partial charge in [-0.25, -0.2) is 4.79 Å². The number of hydrogen-bond donors (Lipinski definition) is 2. The summed E-state index contributed by atoms with van der Waals surface area (Å²) in [4.78, 5) is 12.3. The fraction of sp³-hybridized carbons (Fsp3) is 0.296. The van der Waals surface area contributed by atoms with E-state index < -0.39 is 30.0 Å². The Balaban J connectivity index is 1.12. The van der Waals surface area contributed by atoms with Crippen molar-refractivity contribution in [3.63, 3.8) is 0 Å². The summed E-state index contributed by atoms with van der Waals surface area (Å²) in [6.45, 7) is 1.37. The van der Waals surface area contributed by atoms with E-state index in [0.717, 1.165) is 24.2 Å². The summed E-state index contributed by atoms with van der Waals surface area (Å²) in [7, 11) is 0. The normalized spacial score (nSPS) is 23.3. The molecule has 4 atom stereocenters. The molecule has 0 aliphatic carbocycles. The van der Waals surface area contributed by atoms with Crippen molar-refractivity contribution in [2.45, 2.75) is 37.1 Å². The van der Waals surface area contributed by atoms with E-state index in [1.165, 1.54) is 23.3 Å². The summed E-state index contributed by atoms with van der Waals surface area (Å²) in [6, 6.07) is 23.0. The lowest BCUT2D eigenvalue weighted by atomic mass is 10.0. The third-order valence-corrected chi connectivity index (χ3v) is 6.46. The van der Waals surface area contributed by atoms with Crippen LogP contribution in [0.4, 0.5) is 23.7 Å². The number of quaternary nitrogens is 1. The zero-order chi connectivity index (χ0) is 25.1. The monoisotopic (exact) mass is 499 g/mol. The zero-order valence-corrected chi connectivity index (χ0v) is 19.3. The van der Waals surface area contributed by atoms with Gasteiger partial charge in [-0.3, -0.25) is 5.32 Å². The second kappa shape index (κ2) is 10.3. The van der Waals surface area contributed by atoms with Gasteiger partial charge < -0.3 is 19.5 Å². The van der Waals surface area contributed by atoms with Crippen molar-refractivity contribution in [3.8, 4) is 11.1 Å². The van der Waals surface area contributed by atoms with Crippen LogP contribution in [-0.4, -0.2) is 43.7 Å². The van der Waals surface area contributed by atoms with Gasteiger partial charge in [0.1, 0.15) is 31.4 Å². The van der Waals surface area contributed by atoms with E-state index in [2.05, 4.69) is 47.0 Å². The average molecular weight is 500 g/mol. The molecular weight excluding hydrogens is 473 g/mol. The lowest BCUT2D eigenvalue weighted by Crippen LogP contribution is -2.91. The predicted molar refractivity (Wildman–Crippen MR) is 126 cm³/mol. The van der Waals surface area contributed by atoms with Crippen LogP contribution < -0.4 is 10.6 Å². The number of halogens is 3. The number of carbonyl (C=O) groups is 1. The van der Waals surface area contributed by atoms with Crippen LogP contribution in [0.3, 0.4) is 0 Å². The number of alkyl halides is 3. The van der Waals surface area contributed by atoms with Gasteiger partial charge in [0.2, 0.25) is 0 Å². The lowest BCUT2D eigenvalue weighted by molar-refractivity contribution is -0.707. The number of nitrogens with two attached hydrogens (primary N) is 1. The smallest absolute Gasteiger partial charge is 0.416 e. The lowest BCUT2D eigenvalue weighted by Gasteiger charge is -2.17. The molecule has 2 saturated heterocycles. The maximum absolute atomic E-state index is 12.9. The van der Waals surface area contributed by atoms with Gasteiger partial charge in [-0.1, -0.05) is 60.7 Å². The molecule has 3 aromatic rings. The van der Waals surface area contributed by atoms with Crippen LogP contribution in [0.5, 0.6) is 0 Å². The van der Waals surface area contributed by atoms with Crippen molar-refractivity contribution in [1.29, 1.82) is 0 Å². The van der Waals surface area contributed by atoms with Gasteiger partial charge in [0.05, 0.1) is 12.2 Å². The van der Waals surface area contributed by atoms with Crippen LogP contribution in [0.1, 0.15) is 11.1 Å². The molecule has 36 heavy (non-hydrogen) atoms. The largest absolute Gasteiger partial charge is 0.441 e. The summed E-state index contributed by atoms with van der Waals surface area (Å²) < 4.78 is 55.9. The third kappa shape index (κ3) is 5.53. The van der Waals surface area contributed by atoms with E-state index in [0.29, 0.717) is 6.61 Å². The molecular formula is C27H26F3N2O4+. The number of nitrogens with one attached hydrogen (secondary N) is 1. The van der Waals surface area contributed by atoms with E-state index in [9.17, 15) is 18.0 Å². The molecule has 0 saturated carbocycles. The standard InChI is InChI=1S/C27H25F3N2O4/c28-27(29,30)20-7-4-8-21(13-20)32-26(33)36-23-16-35-24-22(15-34-25(23)24)31-14-17-9-11-19(12-10-17)18-5-2-1-3-6-18/h1-13,22-25,31H,14-16H2,(H,32,33)/p+1/t22-,23+,24+,25+/m0/s1. The van der Waals surface area contributed by atoms with Crippen LogP contribution in [0.2, 0.25) is 0 Å². The molecule has 3 aromatic carbocycles. The van der Waals surface area contributed by atoms with Gasteiger partial charge in [0.25, 0.3) is 0 Å². The molecule has 188 valence electrons. The van der Waals surface area contributed by atoms with Gasteiger partial charge in [0.15, 0.2) is 6.10 Å². The Kier molecular flexibility index (Phi) is 6.95. The molecule has 0 unspecified atom stereocenters. The molecule has 2 fully saturated rings. The Morgan fingerprint density at radius 3 is 2.39 bits per heavy atom. The van der Waals surface area contributed by atoms with E-state index in [-0.39, 0.29) is 24.4 Å². The minimum absolute atomic E-state index is 0.00197. The molecule has 2 heterocycles. The Hall–Kier alpha value is -3.40. The summed E-state index contributed by atoms with van der Waals surface area (Å²) in [6.07, 6.45) is -6.64. The Morgan fingerprint density at radius 2 is 1.64 bits per heavy atom. The predicted octanol–water partition coefficient (Wildman–Crippen LogP) is 4.22. The van der Waals surface area contributed by atoms with Gasteiger partial charge >= 0.3 is 12.3 Å². The highest BCUT2D eigenvalue weighted by Gasteiger charge is 2.51. The molecule has 1 amide bonds. The summed E-state index contributed by atoms with van der Waals surface area (Å²) >= 11 is 0. The Bertz CT molecular complexity index is 1190. The number of anilines is 1. The van der Waals surface area contributed by atoms with Gasteiger partial charge in [-0.2, -0.15) is 13.2 Å². The number of benzene rings is 3. The first kappa shape index (κ1) is 24.3. The van der Waals surface area contributed by atoms with Crippen LogP contribution in [0.25, 0.3) is 11.1 Å². The molecule has 9 heteroatoms. The fourth-order valence-electron chi connectivity index (χ4n) is 4.61. The summed E-state index contributed by atoms with van der Waals surface area (Å²) in [5.41, 5.74) is 2.65. The highest BCUT2D eigenvalue weighted by molar-refractivity contribution is 5.84. The molecule has 2 aliphatic rings. The number of ether oxygens (including phenoxy) is 3. The molecule has 5 rings (SSSR count). The fourth-order valence-corrected chi connectivity index (χ4v) is 4.61. The topological polar surface area (TPSA) is 73.4 Å². The van der Waals surface area contributed by atoms with Crippen molar-refractivity contribution in [2.24, 2.45) is 0 Å². The van der Waals surface area contributed by atoms with Crippen molar-refractivity contribution >= 4 is 11.8 Å². The maximum atomic E-state index is 12.9. The van der Waals surface area contributed by atoms with Gasteiger partial charge in [-0.05, 0) is 29.3 Å². The first-order valence-corrected chi connectivity index (χ1v) is 11.7. The molecule has 2 aliphatic heterocycles. The van der Waals surface area contributed by atoms with Crippen LogP contribution in [-0.2, 0) is 26.9 Å². The number of hydrogen-bond acceptors (Lipinski definition) is 4. The van der Waals surface area contributed by atoms with E-state index >= 15 is 0 Å². The SMILES string of the molecule is O=C(Nc1cccc(C(F)(F)F)c1)O[C@@H]1CO[C@H]2[C@@H]1OC[C@@H]2[NH2+]Cc1ccc(-c2ccccc2)cc1. The number of carbonyl (C=O) groups excluding carboxylic acids is 1. The second-order valence-corrected chi connectivity index (χ2v) is 8.91.